The van der Waals surface area contributed by atoms with Gasteiger partial charge in [0, 0.05) is 25.1 Å². The zero-order valence-corrected chi connectivity index (χ0v) is 11.2. The Morgan fingerprint density at radius 2 is 1.81 bits per heavy atom. The summed E-state index contributed by atoms with van der Waals surface area (Å²) in [6.45, 7) is 0. The topological polar surface area (TPSA) is 42.4 Å². The zero-order valence-electron chi connectivity index (χ0n) is 11.2. The minimum absolute atomic E-state index is 0.305. The Hall–Kier alpha value is -1.92. The van der Waals surface area contributed by atoms with E-state index in [4.69, 9.17) is 4.74 Å². The van der Waals surface area contributed by atoms with Crippen molar-refractivity contribution in [3.8, 4) is 0 Å². The predicted octanol–water partition coefficient (Wildman–Crippen LogP) is 3.52. The molecule has 0 saturated heterocycles. The van der Waals surface area contributed by atoms with Crippen LogP contribution in [0.3, 0.4) is 0 Å². The van der Waals surface area contributed by atoms with E-state index in [0.29, 0.717) is 5.56 Å². The fourth-order valence-electron chi connectivity index (χ4n) is 2.15. The maximum absolute atomic E-state index is 13.0. The summed E-state index contributed by atoms with van der Waals surface area (Å²) in [6.07, 6.45) is -4.88. The molecule has 0 fully saturated rings. The van der Waals surface area contributed by atoms with E-state index in [0.717, 1.165) is 18.5 Å². The lowest BCUT2D eigenvalue weighted by molar-refractivity contribution is -0.140. The number of alkyl halides is 3. The van der Waals surface area contributed by atoms with Gasteiger partial charge in [-0.1, -0.05) is 30.3 Å². The van der Waals surface area contributed by atoms with Gasteiger partial charge in [0.05, 0.1) is 5.56 Å². The number of ether oxygens (including phenoxy) is 1. The Balaban J connectivity index is 2.42. The van der Waals surface area contributed by atoms with E-state index in [1.807, 2.05) is 0 Å². The molecule has 0 aliphatic carbocycles. The lowest BCUT2D eigenvalue weighted by Gasteiger charge is -2.24. The number of halogens is 3. The van der Waals surface area contributed by atoms with Crippen LogP contribution in [0.5, 0.6) is 0 Å². The first-order valence-corrected chi connectivity index (χ1v) is 6.22. The Labute approximate surface area is 120 Å². The molecule has 1 N–H and O–H groups in total. The maximum Gasteiger partial charge on any atom is 0.416 e. The molecular weight excluding hydrogens is 283 g/mol. The van der Waals surface area contributed by atoms with Gasteiger partial charge >= 0.3 is 6.18 Å². The van der Waals surface area contributed by atoms with Gasteiger partial charge in [-0.2, -0.15) is 13.2 Å². The molecule has 2 aromatic rings. The fourth-order valence-corrected chi connectivity index (χ4v) is 2.15. The predicted molar refractivity (Wildman–Crippen MR) is 70.4 cm³/mol. The number of pyridine rings is 1. The molecular formula is C15H14F3NO2. The molecule has 1 aromatic carbocycles. The molecule has 0 radical (unpaired) electrons. The average Bonchev–Trinajstić information content (AvgIpc) is 2.48. The van der Waals surface area contributed by atoms with Crippen LogP contribution in [0.4, 0.5) is 13.2 Å². The molecule has 0 spiro atoms. The zero-order chi connectivity index (χ0) is 15.5. The van der Waals surface area contributed by atoms with Crippen molar-refractivity contribution in [2.75, 3.05) is 7.11 Å². The van der Waals surface area contributed by atoms with E-state index in [9.17, 15) is 18.3 Å². The van der Waals surface area contributed by atoms with Crippen molar-refractivity contribution < 1.29 is 23.0 Å². The molecule has 0 amide bonds. The molecule has 0 bridgehead atoms. The second-order valence-electron chi connectivity index (χ2n) is 4.47. The lowest BCUT2D eigenvalue weighted by atomic mass is 9.96. The van der Waals surface area contributed by atoms with Crippen molar-refractivity contribution in [1.29, 1.82) is 0 Å². The highest BCUT2D eigenvalue weighted by Crippen LogP contribution is 2.39. The minimum Gasteiger partial charge on any atom is -0.385 e. The van der Waals surface area contributed by atoms with Gasteiger partial charge in [0.1, 0.15) is 12.2 Å². The molecule has 21 heavy (non-hydrogen) atoms. The molecule has 2 atom stereocenters. The number of benzene rings is 1. The third kappa shape index (κ3) is 3.40. The molecule has 1 aromatic heterocycles. The summed E-state index contributed by atoms with van der Waals surface area (Å²) in [6, 6.07) is 9.43. The van der Waals surface area contributed by atoms with Crippen molar-refractivity contribution in [2.24, 2.45) is 0 Å². The first-order chi connectivity index (χ1) is 9.95. The quantitative estimate of drug-likeness (QED) is 0.939. The molecule has 1 heterocycles. The van der Waals surface area contributed by atoms with Gasteiger partial charge in [0.25, 0.3) is 0 Å². The third-order valence-electron chi connectivity index (χ3n) is 3.14. The van der Waals surface area contributed by atoms with Gasteiger partial charge in [0.15, 0.2) is 0 Å². The van der Waals surface area contributed by atoms with E-state index in [-0.39, 0.29) is 5.56 Å². The van der Waals surface area contributed by atoms with E-state index < -0.39 is 23.9 Å². The second-order valence-corrected chi connectivity index (χ2v) is 4.47. The van der Waals surface area contributed by atoms with Crippen LogP contribution in [0.2, 0.25) is 0 Å². The van der Waals surface area contributed by atoms with Crippen molar-refractivity contribution in [3.63, 3.8) is 0 Å². The fraction of sp³-hybridized carbons (Fsp3) is 0.267. The number of aromatic nitrogens is 1. The van der Waals surface area contributed by atoms with Gasteiger partial charge in [-0.15, -0.1) is 0 Å². The Bertz CT molecular complexity index is 587. The minimum atomic E-state index is -4.56. The Morgan fingerprint density at radius 3 is 2.38 bits per heavy atom. The van der Waals surface area contributed by atoms with Gasteiger partial charge in [-0.3, -0.25) is 4.98 Å². The highest BCUT2D eigenvalue weighted by atomic mass is 19.4. The van der Waals surface area contributed by atoms with Crippen molar-refractivity contribution in [1.82, 2.24) is 4.98 Å². The number of hydrogen-bond donors (Lipinski definition) is 1. The van der Waals surface area contributed by atoms with Crippen LogP contribution in [0.1, 0.15) is 28.9 Å². The van der Waals surface area contributed by atoms with Crippen molar-refractivity contribution >= 4 is 0 Å². The van der Waals surface area contributed by atoms with Crippen molar-refractivity contribution in [3.05, 3.63) is 65.5 Å². The number of aliphatic hydroxyl groups is 1. The van der Waals surface area contributed by atoms with Crippen LogP contribution in [0.15, 0.2) is 48.8 Å². The summed E-state index contributed by atoms with van der Waals surface area (Å²) in [5.41, 5.74) is -0.631. The van der Waals surface area contributed by atoms with Gasteiger partial charge in [-0.25, -0.2) is 0 Å². The van der Waals surface area contributed by atoms with Crippen molar-refractivity contribution in [2.45, 2.75) is 18.4 Å². The smallest absolute Gasteiger partial charge is 0.385 e. The number of hydrogen-bond acceptors (Lipinski definition) is 3. The molecule has 3 nitrogen and oxygen atoms in total. The third-order valence-corrected chi connectivity index (χ3v) is 3.14. The first kappa shape index (κ1) is 15.5. The molecule has 6 heteroatoms. The molecule has 0 saturated carbocycles. The van der Waals surface area contributed by atoms with Crippen LogP contribution in [0, 0.1) is 0 Å². The SMILES string of the molecule is COC(c1ccccc1)C(O)c1cnccc1C(F)(F)F. The maximum atomic E-state index is 13.0. The van der Waals surface area contributed by atoms with Crippen LogP contribution >= 0.6 is 0 Å². The number of nitrogens with zero attached hydrogens (tertiary/aromatic N) is 1. The lowest BCUT2D eigenvalue weighted by Crippen LogP contribution is -2.18. The van der Waals surface area contributed by atoms with E-state index >= 15 is 0 Å². The summed E-state index contributed by atoms with van der Waals surface area (Å²) in [7, 11) is 1.34. The summed E-state index contributed by atoms with van der Waals surface area (Å²) in [4.78, 5) is 3.67. The van der Waals surface area contributed by atoms with Gasteiger partial charge < -0.3 is 9.84 Å². The van der Waals surface area contributed by atoms with Gasteiger partial charge in [-0.05, 0) is 11.6 Å². The monoisotopic (exact) mass is 297 g/mol. The number of rotatable bonds is 4. The van der Waals surface area contributed by atoms with Crippen LogP contribution in [0.25, 0.3) is 0 Å². The molecule has 0 aliphatic rings. The van der Waals surface area contributed by atoms with Crippen LogP contribution < -0.4 is 0 Å². The molecule has 2 rings (SSSR count). The van der Waals surface area contributed by atoms with Crippen LogP contribution in [-0.4, -0.2) is 17.2 Å². The normalized spacial score (nSPS) is 14.7. The standard InChI is InChI=1S/C15H14F3NO2/c1-21-14(10-5-3-2-4-6-10)13(20)11-9-19-8-7-12(11)15(16,17)18/h2-9,13-14,20H,1H3. The summed E-state index contributed by atoms with van der Waals surface area (Å²) >= 11 is 0. The van der Waals surface area contributed by atoms with E-state index in [1.54, 1.807) is 30.3 Å². The largest absolute Gasteiger partial charge is 0.416 e. The van der Waals surface area contributed by atoms with Crippen LogP contribution in [-0.2, 0) is 10.9 Å². The molecule has 112 valence electrons. The van der Waals surface area contributed by atoms with E-state index in [1.165, 1.54) is 7.11 Å². The van der Waals surface area contributed by atoms with E-state index in [2.05, 4.69) is 4.98 Å². The summed E-state index contributed by atoms with van der Waals surface area (Å²) in [5, 5.41) is 10.3. The molecule has 0 aliphatic heterocycles. The first-order valence-electron chi connectivity index (χ1n) is 6.22. The number of methoxy groups -OCH3 is 1. The summed E-state index contributed by atoms with van der Waals surface area (Å²) in [5.74, 6) is 0. The van der Waals surface area contributed by atoms with Gasteiger partial charge in [0.2, 0.25) is 0 Å². The summed E-state index contributed by atoms with van der Waals surface area (Å²) < 4.78 is 44.2. The molecule has 2 unspecified atom stereocenters. The second kappa shape index (κ2) is 6.24. The highest BCUT2D eigenvalue weighted by Gasteiger charge is 2.37. The average molecular weight is 297 g/mol. The Morgan fingerprint density at radius 1 is 1.14 bits per heavy atom. The number of aliphatic hydroxyl groups excluding tert-OH is 1. The Kier molecular flexibility index (Phi) is 4.59. The highest BCUT2D eigenvalue weighted by molar-refractivity contribution is 5.31.